The van der Waals surface area contributed by atoms with Gasteiger partial charge in [0.25, 0.3) is 0 Å². The summed E-state index contributed by atoms with van der Waals surface area (Å²) in [7, 11) is 0. The molecule has 3 heteroatoms. The van der Waals surface area contributed by atoms with Gasteiger partial charge in [-0.3, -0.25) is 0 Å². The van der Waals surface area contributed by atoms with E-state index in [9.17, 15) is 4.39 Å². The van der Waals surface area contributed by atoms with Crippen LogP contribution in [0.25, 0.3) is 0 Å². The number of aryl methyl sites for hydroxylation is 1. The fraction of sp³-hybridized carbons (Fsp3) is 0.333. The van der Waals surface area contributed by atoms with Crippen LogP contribution in [0.3, 0.4) is 0 Å². The second-order valence-electron chi connectivity index (χ2n) is 4.99. The van der Waals surface area contributed by atoms with Gasteiger partial charge in [-0.15, -0.1) is 0 Å². The maximum absolute atomic E-state index is 13.6. The highest BCUT2D eigenvalue weighted by molar-refractivity contribution is 5.39. The van der Waals surface area contributed by atoms with Crippen LogP contribution in [0, 0.1) is 12.7 Å². The maximum atomic E-state index is 13.6. The lowest BCUT2D eigenvalue weighted by atomic mass is 9.94. The lowest BCUT2D eigenvalue weighted by molar-refractivity contribution is 0.340. The third kappa shape index (κ3) is 3.82. The van der Waals surface area contributed by atoms with Crippen molar-refractivity contribution >= 4 is 0 Å². The molecule has 0 amide bonds. The van der Waals surface area contributed by atoms with Gasteiger partial charge in [0.2, 0.25) is 0 Å². The predicted octanol–water partition coefficient (Wildman–Crippen LogP) is 4.23. The summed E-state index contributed by atoms with van der Waals surface area (Å²) >= 11 is 0. The van der Waals surface area contributed by atoms with E-state index in [0.29, 0.717) is 6.61 Å². The molecule has 1 unspecified atom stereocenters. The summed E-state index contributed by atoms with van der Waals surface area (Å²) in [6.45, 7) is 7.49. The van der Waals surface area contributed by atoms with E-state index in [1.54, 1.807) is 6.07 Å². The average molecular weight is 287 g/mol. The van der Waals surface area contributed by atoms with Crippen molar-refractivity contribution in [2.75, 3.05) is 13.2 Å². The molecule has 1 N–H and O–H groups in total. The number of halogens is 1. The highest BCUT2D eigenvalue weighted by Gasteiger charge is 2.16. The topological polar surface area (TPSA) is 21.3 Å². The molecule has 0 heterocycles. The molecule has 2 nitrogen and oxygen atoms in total. The monoisotopic (exact) mass is 287 g/mol. The van der Waals surface area contributed by atoms with Gasteiger partial charge in [-0.25, -0.2) is 4.39 Å². The zero-order valence-corrected chi connectivity index (χ0v) is 12.8. The fourth-order valence-corrected chi connectivity index (χ4v) is 2.46. The van der Waals surface area contributed by atoms with Crippen LogP contribution in [0.4, 0.5) is 4.39 Å². The normalized spacial score (nSPS) is 12.2. The van der Waals surface area contributed by atoms with Crippen molar-refractivity contribution in [2.24, 2.45) is 0 Å². The molecule has 0 saturated heterocycles. The van der Waals surface area contributed by atoms with Crippen LogP contribution in [0.5, 0.6) is 5.75 Å². The van der Waals surface area contributed by atoms with E-state index in [0.717, 1.165) is 29.0 Å². The summed E-state index contributed by atoms with van der Waals surface area (Å²) in [4.78, 5) is 0. The number of rotatable bonds is 6. The molecule has 112 valence electrons. The Bertz CT molecular complexity index is 580. The third-order valence-corrected chi connectivity index (χ3v) is 3.48. The molecule has 21 heavy (non-hydrogen) atoms. The van der Waals surface area contributed by atoms with Crippen molar-refractivity contribution in [3.05, 3.63) is 65.0 Å². The molecule has 0 fully saturated rings. The van der Waals surface area contributed by atoms with E-state index in [2.05, 4.69) is 12.2 Å². The van der Waals surface area contributed by atoms with Crippen LogP contribution in [0.2, 0.25) is 0 Å². The Morgan fingerprint density at radius 2 is 1.81 bits per heavy atom. The summed E-state index contributed by atoms with van der Waals surface area (Å²) in [5.41, 5.74) is 3.16. The number of ether oxygens (including phenoxy) is 1. The minimum atomic E-state index is -0.204. The van der Waals surface area contributed by atoms with E-state index in [1.165, 1.54) is 6.07 Å². The second-order valence-corrected chi connectivity index (χ2v) is 4.99. The molecule has 0 radical (unpaired) electrons. The highest BCUT2D eigenvalue weighted by atomic mass is 19.1. The molecule has 2 rings (SSSR count). The van der Waals surface area contributed by atoms with Crippen molar-refractivity contribution in [2.45, 2.75) is 26.8 Å². The zero-order valence-electron chi connectivity index (χ0n) is 12.8. The van der Waals surface area contributed by atoms with Gasteiger partial charge in [-0.2, -0.15) is 0 Å². The summed E-state index contributed by atoms with van der Waals surface area (Å²) in [6, 6.07) is 12.9. The molecule has 0 spiro atoms. The Hall–Kier alpha value is -1.87. The van der Waals surface area contributed by atoms with Crippen LogP contribution in [0.15, 0.2) is 42.5 Å². The standard InChI is InChI=1S/C18H22FNO/c1-4-20-18(17-12-15(19)9-6-13(17)3)14-7-10-16(11-8-14)21-5-2/h6-12,18,20H,4-5H2,1-3H3. The number of benzene rings is 2. The van der Waals surface area contributed by atoms with Crippen molar-refractivity contribution in [3.63, 3.8) is 0 Å². The van der Waals surface area contributed by atoms with Gasteiger partial charge in [-0.05, 0) is 61.3 Å². The lowest BCUT2D eigenvalue weighted by Crippen LogP contribution is -2.22. The van der Waals surface area contributed by atoms with Gasteiger partial charge in [0.05, 0.1) is 12.6 Å². The molecule has 0 aliphatic rings. The number of hydrogen-bond acceptors (Lipinski definition) is 2. The van der Waals surface area contributed by atoms with Gasteiger partial charge in [0.15, 0.2) is 0 Å². The minimum absolute atomic E-state index is 0.0126. The van der Waals surface area contributed by atoms with Crippen molar-refractivity contribution in [1.82, 2.24) is 5.32 Å². The Balaban J connectivity index is 2.35. The van der Waals surface area contributed by atoms with E-state index in [1.807, 2.05) is 44.2 Å². The Labute approximate surface area is 126 Å². The molecule has 2 aromatic carbocycles. The molecule has 1 atom stereocenters. The minimum Gasteiger partial charge on any atom is -0.494 e. The zero-order chi connectivity index (χ0) is 15.2. The quantitative estimate of drug-likeness (QED) is 0.858. The van der Waals surface area contributed by atoms with Crippen LogP contribution in [-0.4, -0.2) is 13.2 Å². The van der Waals surface area contributed by atoms with Gasteiger partial charge in [-0.1, -0.05) is 25.1 Å². The van der Waals surface area contributed by atoms with E-state index in [-0.39, 0.29) is 11.9 Å². The van der Waals surface area contributed by atoms with Crippen molar-refractivity contribution in [1.29, 1.82) is 0 Å². The average Bonchev–Trinajstić information content (AvgIpc) is 2.49. The smallest absolute Gasteiger partial charge is 0.123 e. The number of hydrogen-bond donors (Lipinski definition) is 1. The first kappa shape index (κ1) is 15.5. The van der Waals surface area contributed by atoms with Crippen LogP contribution in [0.1, 0.15) is 36.6 Å². The van der Waals surface area contributed by atoms with Crippen molar-refractivity contribution < 1.29 is 9.13 Å². The first-order valence-corrected chi connectivity index (χ1v) is 7.37. The van der Waals surface area contributed by atoms with E-state index in [4.69, 9.17) is 4.74 Å². The molecule has 0 aromatic heterocycles. The summed E-state index contributed by atoms with van der Waals surface area (Å²) < 4.78 is 19.0. The molecule has 0 bridgehead atoms. The summed E-state index contributed by atoms with van der Waals surface area (Å²) in [5.74, 6) is 0.650. The van der Waals surface area contributed by atoms with Crippen LogP contribution in [-0.2, 0) is 0 Å². The second kappa shape index (κ2) is 7.23. The molecule has 0 aliphatic carbocycles. The third-order valence-electron chi connectivity index (χ3n) is 3.48. The van der Waals surface area contributed by atoms with Gasteiger partial charge in [0.1, 0.15) is 11.6 Å². The van der Waals surface area contributed by atoms with Crippen LogP contribution >= 0.6 is 0 Å². The van der Waals surface area contributed by atoms with E-state index < -0.39 is 0 Å². The molecular formula is C18H22FNO. The molecule has 0 aliphatic heterocycles. The van der Waals surface area contributed by atoms with Crippen molar-refractivity contribution in [3.8, 4) is 5.75 Å². The largest absolute Gasteiger partial charge is 0.494 e. The summed E-state index contributed by atoms with van der Waals surface area (Å²) in [6.07, 6.45) is 0. The highest BCUT2D eigenvalue weighted by Crippen LogP contribution is 2.27. The first-order chi connectivity index (χ1) is 10.2. The Morgan fingerprint density at radius 3 is 2.43 bits per heavy atom. The predicted molar refractivity (Wildman–Crippen MR) is 84.3 cm³/mol. The fourth-order valence-electron chi connectivity index (χ4n) is 2.46. The van der Waals surface area contributed by atoms with Gasteiger partial charge >= 0.3 is 0 Å². The Kier molecular flexibility index (Phi) is 5.34. The van der Waals surface area contributed by atoms with E-state index >= 15 is 0 Å². The summed E-state index contributed by atoms with van der Waals surface area (Å²) in [5, 5.41) is 3.43. The first-order valence-electron chi connectivity index (χ1n) is 7.37. The number of nitrogens with one attached hydrogen (secondary N) is 1. The Morgan fingerprint density at radius 1 is 1.10 bits per heavy atom. The van der Waals surface area contributed by atoms with Gasteiger partial charge in [0, 0.05) is 0 Å². The maximum Gasteiger partial charge on any atom is 0.123 e. The molecule has 0 saturated carbocycles. The molecular weight excluding hydrogens is 265 g/mol. The lowest BCUT2D eigenvalue weighted by Gasteiger charge is -2.21. The SMILES string of the molecule is CCNC(c1ccc(OCC)cc1)c1cc(F)ccc1C. The molecule has 2 aromatic rings. The van der Waals surface area contributed by atoms with Crippen LogP contribution < -0.4 is 10.1 Å². The van der Waals surface area contributed by atoms with Gasteiger partial charge < -0.3 is 10.1 Å².